The Bertz CT molecular complexity index is 978. The Labute approximate surface area is 163 Å². The highest BCUT2D eigenvalue weighted by Gasteiger charge is 2.09. The molecule has 7 nitrogen and oxygen atoms in total. The van der Waals surface area contributed by atoms with Gasteiger partial charge in [0.05, 0.1) is 36.7 Å². The molecule has 1 aromatic heterocycles. The monoisotopic (exact) mass is 376 g/mol. The van der Waals surface area contributed by atoms with E-state index in [1.54, 1.807) is 29.1 Å². The number of para-hydroxylation sites is 2. The van der Waals surface area contributed by atoms with E-state index in [9.17, 15) is 4.79 Å². The van der Waals surface area contributed by atoms with E-state index < -0.39 is 0 Å². The zero-order valence-electron chi connectivity index (χ0n) is 15.5. The number of nitriles is 1. The second-order valence-electron chi connectivity index (χ2n) is 5.95. The number of hydrogen-bond acceptors (Lipinski definition) is 5. The van der Waals surface area contributed by atoms with E-state index in [2.05, 4.69) is 16.5 Å². The first-order valence-corrected chi connectivity index (χ1v) is 8.81. The van der Waals surface area contributed by atoms with Crippen molar-refractivity contribution >= 4 is 11.6 Å². The predicted octanol–water partition coefficient (Wildman–Crippen LogP) is 3.55. The maximum Gasteiger partial charge on any atom is 0.224 e. The van der Waals surface area contributed by atoms with E-state index in [0.717, 1.165) is 5.69 Å². The molecule has 0 bridgehead atoms. The molecule has 0 aliphatic heterocycles. The minimum atomic E-state index is -0.102. The number of nitrogens with zero attached hydrogens (tertiary/aromatic N) is 3. The van der Waals surface area contributed by atoms with E-state index in [-0.39, 0.29) is 5.91 Å². The molecule has 28 heavy (non-hydrogen) atoms. The Morgan fingerprint density at radius 3 is 2.82 bits per heavy atom. The van der Waals surface area contributed by atoms with Gasteiger partial charge in [-0.2, -0.15) is 10.4 Å². The number of nitrogens with one attached hydrogen (secondary N) is 1. The summed E-state index contributed by atoms with van der Waals surface area (Å²) in [6.07, 6.45) is 4.36. The fourth-order valence-electron chi connectivity index (χ4n) is 2.67. The second-order valence-corrected chi connectivity index (χ2v) is 5.95. The third-order valence-electron chi connectivity index (χ3n) is 4.03. The number of anilines is 1. The van der Waals surface area contributed by atoms with E-state index >= 15 is 0 Å². The highest BCUT2D eigenvalue weighted by molar-refractivity contribution is 5.92. The number of carbonyl (C=O) groups is 1. The minimum absolute atomic E-state index is 0.102. The number of hydrogen-bond donors (Lipinski definition) is 1. The van der Waals surface area contributed by atoms with Crippen LogP contribution < -0.4 is 14.8 Å². The van der Waals surface area contributed by atoms with Gasteiger partial charge in [-0.15, -0.1) is 0 Å². The first kappa shape index (κ1) is 19.0. The van der Waals surface area contributed by atoms with Gasteiger partial charge in [-0.25, -0.2) is 4.68 Å². The molecule has 142 valence electrons. The molecule has 0 radical (unpaired) electrons. The van der Waals surface area contributed by atoms with Crippen LogP contribution in [-0.2, 0) is 4.79 Å². The Morgan fingerprint density at radius 1 is 1.21 bits per heavy atom. The first-order chi connectivity index (χ1) is 13.7. The van der Waals surface area contributed by atoms with Crippen molar-refractivity contribution in [3.05, 3.63) is 66.5 Å². The van der Waals surface area contributed by atoms with E-state index in [1.165, 1.54) is 7.11 Å². The molecule has 0 fully saturated rings. The summed E-state index contributed by atoms with van der Waals surface area (Å²) in [6, 6.07) is 16.3. The zero-order chi connectivity index (χ0) is 19.8. The van der Waals surface area contributed by atoms with Crippen LogP contribution in [0.3, 0.4) is 0 Å². The molecule has 0 saturated heterocycles. The molecular weight excluding hydrogens is 356 g/mol. The maximum atomic E-state index is 12.3. The molecule has 0 spiro atoms. The van der Waals surface area contributed by atoms with Crippen LogP contribution in [0.5, 0.6) is 11.5 Å². The lowest BCUT2D eigenvalue weighted by molar-refractivity contribution is -0.116. The van der Waals surface area contributed by atoms with Crippen LogP contribution >= 0.6 is 0 Å². The minimum Gasteiger partial charge on any atom is -0.493 e. The molecule has 1 N–H and O–H groups in total. The fraction of sp³-hybridized carbons (Fsp3) is 0.190. The average molecular weight is 376 g/mol. The molecule has 0 unspecified atom stereocenters. The predicted molar refractivity (Wildman–Crippen MR) is 105 cm³/mol. The van der Waals surface area contributed by atoms with Gasteiger partial charge >= 0.3 is 0 Å². The summed E-state index contributed by atoms with van der Waals surface area (Å²) in [5.74, 6) is 0.942. The molecule has 7 heteroatoms. The van der Waals surface area contributed by atoms with Crippen molar-refractivity contribution in [2.24, 2.45) is 0 Å². The topological polar surface area (TPSA) is 89.2 Å². The first-order valence-electron chi connectivity index (χ1n) is 8.81. The van der Waals surface area contributed by atoms with Gasteiger partial charge < -0.3 is 14.8 Å². The Balaban J connectivity index is 1.52. The van der Waals surface area contributed by atoms with Gasteiger partial charge in [0.25, 0.3) is 0 Å². The summed E-state index contributed by atoms with van der Waals surface area (Å²) in [5.41, 5.74) is 2.00. The number of ether oxygens (including phenoxy) is 2. The molecule has 0 saturated carbocycles. The molecule has 0 aliphatic rings. The largest absolute Gasteiger partial charge is 0.493 e. The van der Waals surface area contributed by atoms with Gasteiger partial charge in [0.2, 0.25) is 5.91 Å². The normalized spacial score (nSPS) is 10.1. The second kappa shape index (κ2) is 9.24. The van der Waals surface area contributed by atoms with Gasteiger partial charge in [-0.3, -0.25) is 4.79 Å². The highest BCUT2D eigenvalue weighted by atomic mass is 16.5. The maximum absolute atomic E-state index is 12.3. The number of carbonyl (C=O) groups excluding carboxylic acids is 1. The molecule has 0 atom stereocenters. The van der Waals surface area contributed by atoms with Crippen molar-refractivity contribution in [2.75, 3.05) is 19.0 Å². The van der Waals surface area contributed by atoms with Crippen molar-refractivity contribution in [2.45, 2.75) is 12.8 Å². The van der Waals surface area contributed by atoms with Crippen molar-refractivity contribution in [3.8, 4) is 23.3 Å². The standard InChI is InChI=1S/C21H20N4O3/c1-27-20-14-16(15-22)9-10-19(20)28-13-4-8-21(26)24-17-6-2-3-7-18(17)25-12-5-11-23-25/h2-3,5-7,9-12,14H,4,8,13H2,1H3,(H,24,26). The van der Waals surface area contributed by atoms with Gasteiger partial charge in [0.1, 0.15) is 0 Å². The molecular formula is C21H20N4O3. The third kappa shape index (κ3) is 4.68. The van der Waals surface area contributed by atoms with Crippen LogP contribution in [0.4, 0.5) is 5.69 Å². The number of amides is 1. The number of aromatic nitrogens is 2. The fourth-order valence-corrected chi connectivity index (χ4v) is 2.67. The van der Waals surface area contributed by atoms with Crippen LogP contribution in [0, 0.1) is 11.3 Å². The lowest BCUT2D eigenvalue weighted by atomic mass is 10.2. The molecule has 2 aromatic carbocycles. The van der Waals surface area contributed by atoms with Crippen molar-refractivity contribution < 1.29 is 14.3 Å². The number of methoxy groups -OCH3 is 1. The van der Waals surface area contributed by atoms with Gasteiger partial charge in [-0.1, -0.05) is 12.1 Å². The molecule has 3 aromatic rings. The van der Waals surface area contributed by atoms with Crippen molar-refractivity contribution in [1.82, 2.24) is 9.78 Å². The van der Waals surface area contributed by atoms with Crippen molar-refractivity contribution in [3.63, 3.8) is 0 Å². The third-order valence-corrected chi connectivity index (χ3v) is 4.03. The quantitative estimate of drug-likeness (QED) is 0.607. The van der Waals surface area contributed by atoms with Crippen LogP contribution in [0.2, 0.25) is 0 Å². The lowest BCUT2D eigenvalue weighted by Gasteiger charge is -2.12. The summed E-state index contributed by atoms with van der Waals surface area (Å²) in [4.78, 5) is 12.3. The lowest BCUT2D eigenvalue weighted by Crippen LogP contribution is -2.14. The van der Waals surface area contributed by atoms with Crippen molar-refractivity contribution in [1.29, 1.82) is 5.26 Å². The van der Waals surface area contributed by atoms with E-state index in [0.29, 0.717) is 42.2 Å². The molecule has 0 aliphatic carbocycles. The van der Waals surface area contributed by atoms with Crippen LogP contribution in [0.15, 0.2) is 60.9 Å². The Morgan fingerprint density at radius 2 is 2.07 bits per heavy atom. The average Bonchev–Trinajstić information content (AvgIpc) is 3.26. The zero-order valence-corrected chi connectivity index (χ0v) is 15.5. The van der Waals surface area contributed by atoms with Gasteiger partial charge in [0, 0.05) is 24.9 Å². The summed E-state index contributed by atoms with van der Waals surface area (Å²) < 4.78 is 12.6. The SMILES string of the molecule is COc1cc(C#N)ccc1OCCCC(=O)Nc1ccccc1-n1cccn1. The van der Waals surface area contributed by atoms with Gasteiger partial charge in [0.15, 0.2) is 11.5 Å². The summed E-state index contributed by atoms with van der Waals surface area (Å²) in [6.45, 7) is 0.358. The van der Waals surface area contributed by atoms with Crippen LogP contribution in [0.25, 0.3) is 5.69 Å². The number of benzene rings is 2. The van der Waals surface area contributed by atoms with Gasteiger partial charge in [-0.05, 0) is 36.8 Å². The highest BCUT2D eigenvalue weighted by Crippen LogP contribution is 2.28. The smallest absolute Gasteiger partial charge is 0.224 e. The molecule has 1 amide bonds. The van der Waals surface area contributed by atoms with Crippen LogP contribution in [0.1, 0.15) is 18.4 Å². The Hall–Kier alpha value is -3.79. The summed E-state index contributed by atoms with van der Waals surface area (Å²) in [5, 5.41) is 16.1. The Kier molecular flexibility index (Phi) is 6.26. The summed E-state index contributed by atoms with van der Waals surface area (Å²) in [7, 11) is 1.52. The molecule has 3 rings (SSSR count). The summed E-state index contributed by atoms with van der Waals surface area (Å²) >= 11 is 0. The molecule has 1 heterocycles. The van der Waals surface area contributed by atoms with E-state index in [4.69, 9.17) is 14.7 Å². The van der Waals surface area contributed by atoms with E-state index in [1.807, 2.05) is 36.5 Å². The van der Waals surface area contributed by atoms with Crippen LogP contribution in [-0.4, -0.2) is 29.4 Å². The number of rotatable bonds is 8.